The summed E-state index contributed by atoms with van der Waals surface area (Å²) in [6.45, 7) is 2.39. The van der Waals surface area contributed by atoms with E-state index in [0.29, 0.717) is 12.4 Å². The number of ether oxygens (including phenoxy) is 1. The van der Waals surface area contributed by atoms with E-state index in [1.807, 2.05) is 43.3 Å². The van der Waals surface area contributed by atoms with Gasteiger partial charge in [0.05, 0.1) is 7.11 Å². The number of amides is 1. The maximum Gasteiger partial charge on any atom is 0.244 e. The molecule has 5 nitrogen and oxygen atoms in total. The summed E-state index contributed by atoms with van der Waals surface area (Å²) >= 11 is 0. The van der Waals surface area contributed by atoms with E-state index in [9.17, 15) is 4.79 Å². The maximum absolute atomic E-state index is 12.2. The first kappa shape index (κ1) is 16.8. The molecule has 0 aliphatic carbocycles. The Balaban J connectivity index is 1.73. The number of rotatable bonds is 6. The Morgan fingerprint density at radius 1 is 1.28 bits per heavy atom. The van der Waals surface area contributed by atoms with Crippen molar-refractivity contribution in [2.75, 3.05) is 7.11 Å². The predicted octanol–water partition coefficient (Wildman–Crippen LogP) is 3.73. The van der Waals surface area contributed by atoms with Gasteiger partial charge in [-0.15, -0.1) is 0 Å². The lowest BCUT2D eigenvalue weighted by atomic mass is 10.1. The lowest BCUT2D eigenvalue weighted by Crippen LogP contribution is -2.20. The largest absolute Gasteiger partial charge is 0.481 e. The molecule has 1 N–H and O–H groups in total. The molecule has 0 spiro atoms. The average molecular weight is 336 g/mol. The fourth-order valence-electron chi connectivity index (χ4n) is 2.70. The van der Waals surface area contributed by atoms with Crippen LogP contribution in [0.15, 0.2) is 53.1 Å². The number of furan rings is 1. The average Bonchev–Trinajstić information content (AvgIpc) is 3.02. The molecule has 3 aromatic rings. The zero-order valence-electron chi connectivity index (χ0n) is 14.3. The normalized spacial score (nSPS) is 11.1. The van der Waals surface area contributed by atoms with E-state index < -0.39 is 0 Å². The monoisotopic (exact) mass is 336 g/mol. The number of pyridine rings is 1. The van der Waals surface area contributed by atoms with E-state index >= 15 is 0 Å². The number of para-hydroxylation sites is 1. The van der Waals surface area contributed by atoms with Gasteiger partial charge in [0.15, 0.2) is 0 Å². The molecular formula is C20H20N2O3. The standard InChI is InChI=1S/C20H20N2O3/c1-3-17-16(15-8-4-5-9-18(15)25-17)10-11-19(23)22-13-14-7-6-12-21-20(14)24-2/h4-12H,3,13H2,1-2H3,(H,22,23)/b11-10+. The quantitative estimate of drug-likeness (QED) is 0.697. The van der Waals surface area contributed by atoms with Crippen molar-refractivity contribution in [3.63, 3.8) is 0 Å². The summed E-state index contributed by atoms with van der Waals surface area (Å²) in [4.78, 5) is 16.3. The van der Waals surface area contributed by atoms with Gasteiger partial charge >= 0.3 is 0 Å². The Labute approximate surface area is 146 Å². The van der Waals surface area contributed by atoms with Crippen molar-refractivity contribution in [2.45, 2.75) is 19.9 Å². The molecule has 1 aromatic carbocycles. The number of aryl methyl sites for hydroxylation is 1. The molecule has 0 aliphatic heterocycles. The van der Waals surface area contributed by atoms with E-state index in [-0.39, 0.29) is 5.91 Å². The first-order valence-electron chi connectivity index (χ1n) is 8.17. The highest BCUT2D eigenvalue weighted by Crippen LogP contribution is 2.27. The van der Waals surface area contributed by atoms with Crippen molar-refractivity contribution in [1.82, 2.24) is 10.3 Å². The molecular weight excluding hydrogens is 316 g/mol. The maximum atomic E-state index is 12.2. The highest BCUT2D eigenvalue weighted by molar-refractivity contribution is 5.96. The van der Waals surface area contributed by atoms with Crippen LogP contribution in [0, 0.1) is 0 Å². The molecule has 0 saturated heterocycles. The van der Waals surface area contributed by atoms with Crippen molar-refractivity contribution >= 4 is 23.0 Å². The second kappa shape index (κ2) is 7.66. The van der Waals surface area contributed by atoms with Crippen molar-refractivity contribution in [3.05, 3.63) is 65.6 Å². The van der Waals surface area contributed by atoms with E-state index in [2.05, 4.69) is 10.3 Å². The minimum Gasteiger partial charge on any atom is -0.481 e. The summed E-state index contributed by atoms with van der Waals surface area (Å²) < 4.78 is 11.0. The van der Waals surface area contributed by atoms with Crippen molar-refractivity contribution in [2.24, 2.45) is 0 Å². The van der Waals surface area contributed by atoms with Gasteiger partial charge in [-0.3, -0.25) is 4.79 Å². The molecule has 0 saturated carbocycles. The van der Waals surface area contributed by atoms with E-state index in [1.54, 1.807) is 19.4 Å². The van der Waals surface area contributed by atoms with Gasteiger partial charge in [0.2, 0.25) is 11.8 Å². The second-order valence-electron chi connectivity index (χ2n) is 5.51. The molecule has 0 fully saturated rings. The van der Waals surface area contributed by atoms with Crippen LogP contribution in [0.25, 0.3) is 17.0 Å². The number of aromatic nitrogens is 1. The van der Waals surface area contributed by atoms with Gasteiger partial charge in [0.1, 0.15) is 11.3 Å². The molecule has 0 radical (unpaired) electrons. The smallest absolute Gasteiger partial charge is 0.244 e. The Hall–Kier alpha value is -3.08. The van der Waals surface area contributed by atoms with Gasteiger partial charge in [0.25, 0.3) is 0 Å². The third kappa shape index (κ3) is 3.71. The Morgan fingerprint density at radius 3 is 2.92 bits per heavy atom. The zero-order valence-corrected chi connectivity index (χ0v) is 14.3. The molecule has 3 rings (SSSR count). The van der Waals surface area contributed by atoms with E-state index in [1.165, 1.54) is 6.08 Å². The molecule has 0 unspecified atom stereocenters. The van der Waals surface area contributed by atoms with Crippen LogP contribution in [-0.2, 0) is 17.8 Å². The van der Waals surface area contributed by atoms with E-state index in [4.69, 9.17) is 9.15 Å². The van der Waals surface area contributed by atoms with Gasteiger partial charge in [-0.25, -0.2) is 4.98 Å². The number of hydrogen-bond acceptors (Lipinski definition) is 4. The fraction of sp³-hybridized carbons (Fsp3) is 0.200. The first-order chi connectivity index (χ1) is 12.2. The van der Waals surface area contributed by atoms with Gasteiger partial charge in [-0.05, 0) is 18.2 Å². The molecule has 2 aromatic heterocycles. The third-order valence-corrected chi connectivity index (χ3v) is 3.93. The lowest BCUT2D eigenvalue weighted by Gasteiger charge is -2.06. The van der Waals surface area contributed by atoms with Crippen LogP contribution in [0.4, 0.5) is 0 Å². The molecule has 128 valence electrons. The number of carbonyl (C=O) groups is 1. The molecule has 0 bridgehead atoms. The highest BCUT2D eigenvalue weighted by atomic mass is 16.5. The molecule has 25 heavy (non-hydrogen) atoms. The summed E-state index contributed by atoms with van der Waals surface area (Å²) in [5.41, 5.74) is 2.61. The number of hydrogen-bond donors (Lipinski definition) is 1. The molecule has 5 heteroatoms. The molecule has 0 aliphatic rings. The Morgan fingerprint density at radius 2 is 2.12 bits per heavy atom. The van der Waals surface area contributed by atoms with Crippen molar-refractivity contribution in [1.29, 1.82) is 0 Å². The second-order valence-corrected chi connectivity index (χ2v) is 5.51. The summed E-state index contributed by atoms with van der Waals surface area (Å²) in [7, 11) is 1.56. The zero-order chi connectivity index (χ0) is 17.6. The number of carbonyl (C=O) groups excluding carboxylic acids is 1. The summed E-state index contributed by atoms with van der Waals surface area (Å²) in [5.74, 6) is 1.21. The Bertz CT molecular complexity index is 912. The molecule has 1 amide bonds. The van der Waals surface area contributed by atoms with Crippen LogP contribution < -0.4 is 10.1 Å². The molecule has 0 atom stereocenters. The number of nitrogens with one attached hydrogen (secondary N) is 1. The Kier molecular flexibility index (Phi) is 5.14. The van der Waals surface area contributed by atoms with Gasteiger partial charge in [-0.1, -0.05) is 31.2 Å². The van der Waals surface area contributed by atoms with E-state index in [0.717, 1.165) is 34.3 Å². The minimum absolute atomic E-state index is 0.182. The summed E-state index contributed by atoms with van der Waals surface area (Å²) in [5, 5.41) is 3.86. The lowest BCUT2D eigenvalue weighted by molar-refractivity contribution is -0.116. The predicted molar refractivity (Wildman–Crippen MR) is 97.3 cm³/mol. The number of benzene rings is 1. The topological polar surface area (TPSA) is 64.4 Å². The van der Waals surface area contributed by atoms with Crippen molar-refractivity contribution < 1.29 is 13.9 Å². The number of nitrogens with zero attached hydrogens (tertiary/aromatic N) is 1. The van der Waals surface area contributed by atoms with Crippen LogP contribution in [0.3, 0.4) is 0 Å². The number of fused-ring (bicyclic) bond motifs is 1. The summed E-state index contributed by atoms with van der Waals surface area (Å²) in [6.07, 6.45) is 5.75. The minimum atomic E-state index is -0.182. The van der Waals surface area contributed by atoms with Crippen LogP contribution in [0.5, 0.6) is 5.88 Å². The molecule has 2 heterocycles. The number of methoxy groups -OCH3 is 1. The first-order valence-corrected chi connectivity index (χ1v) is 8.17. The van der Waals surface area contributed by atoms with Crippen LogP contribution >= 0.6 is 0 Å². The van der Waals surface area contributed by atoms with Crippen LogP contribution in [-0.4, -0.2) is 18.0 Å². The van der Waals surface area contributed by atoms with Crippen LogP contribution in [0.2, 0.25) is 0 Å². The SMILES string of the molecule is CCc1oc2ccccc2c1/C=C/C(=O)NCc1cccnc1OC. The van der Waals surface area contributed by atoms with Gasteiger partial charge < -0.3 is 14.5 Å². The fourth-order valence-corrected chi connectivity index (χ4v) is 2.70. The highest BCUT2D eigenvalue weighted by Gasteiger charge is 2.10. The van der Waals surface area contributed by atoms with Gasteiger partial charge in [-0.2, -0.15) is 0 Å². The van der Waals surface area contributed by atoms with Gasteiger partial charge in [0, 0.05) is 41.8 Å². The van der Waals surface area contributed by atoms with Crippen LogP contribution in [0.1, 0.15) is 23.8 Å². The van der Waals surface area contributed by atoms with Crippen molar-refractivity contribution in [3.8, 4) is 5.88 Å². The third-order valence-electron chi connectivity index (χ3n) is 3.93. The summed E-state index contributed by atoms with van der Waals surface area (Å²) in [6, 6.07) is 11.5.